The van der Waals surface area contributed by atoms with Crippen LogP contribution in [0.3, 0.4) is 0 Å². The summed E-state index contributed by atoms with van der Waals surface area (Å²) in [6.45, 7) is 1.68. The van der Waals surface area contributed by atoms with E-state index in [1.54, 1.807) is 25.1 Å². The number of hydrogen-bond donors (Lipinski definition) is 1. The molecule has 0 atom stereocenters. The van der Waals surface area contributed by atoms with Gasteiger partial charge in [0.2, 0.25) is 0 Å². The topological polar surface area (TPSA) is 171 Å². The minimum absolute atomic E-state index is 0.0138. The summed E-state index contributed by atoms with van der Waals surface area (Å²) in [5.41, 5.74) is 1.34. The fraction of sp³-hybridized carbons (Fsp3) is 0.0435. The van der Waals surface area contributed by atoms with Gasteiger partial charge in [0.1, 0.15) is 10.6 Å². The Morgan fingerprint density at radius 2 is 1.57 bits per heavy atom. The summed E-state index contributed by atoms with van der Waals surface area (Å²) < 4.78 is 30.0. The van der Waals surface area contributed by atoms with Gasteiger partial charge in [0.15, 0.2) is 5.17 Å². The number of carbonyl (C=O) groups excluding carboxylic acids is 1. The molecular formula is C23H16N4O8S2. The van der Waals surface area contributed by atoms with Crippen molar-refractivity contribution in [1.29, 1.82) is 0 Å². The summed E-state index contributed by atoms with van der Waals surface area (Å²) in [7, 11) is -4.21. The molecule has 1 fully saturated rings. The van der Waals surface area contributed by atoms with E-state index in [0.29, 0.717) is 26.9 Å². The molecule has 1 saturated heterocycles. The Labute approximate surface area is 214 Å². The number of amides is 1. The Balaban J connectivity index is 1.46. The molecule has 12 nitrogen and oxygen atoms in total. The molecule has 188 valence electrons. The molecule has 37 heavy (non-hydrogen) atoms. The Hall–Kier alpha value is -4.56. The van der Waals surface area contributed by atoms with E-state index in [-0.39, 0.29) is 27.9 Å². The molecule has 3 aromatic carbocycles. The molecule has 0 aromatic heterocycles. The van der Waals surface area contributed by atoms with Crippen molar-refractivity contribution in [3.05, 3.63) is 103 Å². The SMILES string of the molecule is Cc1cc([N+](=O)[O-])ccc1N=C1NC(=O)/C(=C\c2ccc(OS(=O)(=O)c3ccc([N+](=O)[O-])cc3)cc2)S1. The zero-order chi connectivity index (χ0) is 26.7. The summed E-state index contributed by atoms with van der Waals surface area (Å²) >= 11 is 1.08. The zero-order valence-electron chi connectivity index (χ0n) is 18.9. The Morgan fingerprint density at radius 3 is 2.16 bits per heavy atom. The molecule has 0 bridgehead atoms. The van der Waals surface area contributed by atoms with Crippen molar-refractivity contribution in [2.24, 2.45) is 4.99 Å². The van der Waals surface area contributed by atoms with Gasteiger partial charge < -0.3 is 9.50 Å². The lowest BCUT2D eigenvalue weighted by Gasteiger charge is -2.07. The predicted molar refractivity (Wildman–Crippen MR) is 136 cm³/mol. The Kier molecular flexibility index (Phi) is 7.04. The largest absolute Gasteiger partial charge is 0.379 e. The average molecular weight is 541 g/mol. The number of nitro benzene ring substituents is 2. The number of hydrogen-bond acceptors (Lipinski definition) is 10. The number of carbonyl (C=O) groups is 1. The van der Waals surface area contributed by atoms with Crippen LogP contribution in [0, 0.1) is 27.2 Å². The van der Waals surface area contributed by atoms with Gasteiger partial charge in [-0.25, -0.2) is 4.99 Å². The first kappa shape index (κ1) is 25.5. The normalized spacial score (nSPS) is 15.5. The first-order chi connectivity index (χ1) is 17.5. The predicted octanol–water partition coefficient (Wildman–Crippen LogP) is 4.47. The van der Waals surface area contributed by atoms with Gasteiger partial charge in [-0.05, 0) is 66.2 Å². The van der Waals surface area contributed by atoms with Crippen LogP contribution < -0.4 is 9.50 Å². The van der Waals surface area contributed by atoms with Crippen molar-refractivity contribution in [2.75, 3.05) is 0 Å². The average Bonchev–Trinajstić information content (AvgIpc) is 3.19. The van der Waals surface area contributed by atoms with E-state index < -0.39 is 20.0 Å². The van der Waals surface area contributed by atoms with Crippen LogP contribution in [-0.4, -0.2) is 29.3 Å². The van der Waals surface area contributed by atoms with E-state index in [1.165, 1.54) is 30.3 Å². The maximum atomic E-state index is 12.4. The zero-order valence-corrected chi connectivity index (χ0v) is 20.5. The highest BCUT2D eigenvalue weighted by atomic mass is 32.2. The highest BCUT2D eigenvalue weighted by Crippen LogP contribution is 2.31. The number of benzene rings is 3. The fourth-order valence-electron chi connectivity index (χ4n) is 3.15. The standard InChI is InChI=1S/C23H16N4O8S2/c1-14-12-17(27(31)32)6-11-20(14)24-23-25-22(28)21(36-23)13-15-2-7-18(8-3-15)35-37(33,34)19-9-4-16(5-10-19)26(29)30/h2-13H,1H3,(H,24,25,28)/b21-13+. The number of nitrogens with zero attached hydrogens (tertiary/aromatic N) is 3. The fourth-order valence-corrected chi connectivity index (χ4v) is 4.91. The molecule has 4 rings (SSSR count). The number of nitro groups is 2. The highest BCUT2D eigenvalue weighted by molar-refractivity contribution is 8.18. The third-order valence-corrected chi connectivity index (χ3v) is 7.16. The summed E-state index contributed by atoms with van der Waals surface area (Å²) in [6, 6.07) is 14.4. The van der Waals surface area contributed by atoms with E-state index >= 15 is 0 Å². The molecule has 1 aliphatic heterocycles. The maximum Gasteiger partial charge on any atom is 0.339 e. The molecule has 0 saturated carbocycles. The molecule has 1 amide bonds. The number of amidine groups is 1. The Bertz CT molecular complexity index is 1580. The molecular weight excluding hydrogens is 524 g/mol. The molecule has 3 aromatic rings. The highest BCUT2D eigenvalue weighted by Gasteiger charge is 2.24. The first-order valence-corrected chi connectivity index (χ1v) is 12.6. The lowest BCUT2D eigenvalue weighted by Crippen LogP contribution is -2.19. The monoisotopic (exact) mass is 540 g/mol. The molecule has 0 radical (unpaired) electrons. The number of thioether (sulfide) groups is 1. The smallest absolute Gasteiger partial charge is 0.339 e. The molecule has 1 heterocycles. The summed E-state index contributed by atoms with van der Waals surface area (Å²) in [5.74, 6) is -0.371. The van der Waals surface area contributed by atoms with Crippen molar-refractivity contribution in [3.8, 4) is 5.75 Å². The number of non-ortho nitro benzene ring substituents is 2. The van der Waals surface area contributed by atoms with Crippen LogP contribution in [0.4, 0.5) is 17.1 Å². The van der Waals surface area contributed by atoms with Gasteiger partial charge in [0.25, 0.3) is 17.3 Å². The summed E-state index contributed by atoms with van der Waals surface area (Å²) in [4.78, 5) is 37.3. The third kappa shape index (κ3) is 5.99. The van der Waals surface area contributed by atoms with Gasteiger partial charge in [-0.1, -0.05) is 12.1 Å². The molecule has 14 heteroatoms. The van der Waals surface area contributed by atoms with Crippen LogP contribution in [0.1, 0.15) is 11.1 Å². The van der Waals surface area contributed by atoms with E-state index in [9.17, 15) is 33.4 Å². The van der Waals surface area contributed by atoms with Crippen molar-refractivity contribution in [3.63, 3.8) is 0 Å². The van der Waals surface area contributed by atoms with Crippen molar-refractivity contribution in [2.45, 2.75) is 11.8 Å². The number of rotatable bonds is 7. The van der Waals surface area contributed by atoms with Crippen LogP contribution >= 0.6 is 11.8 Å². The second-order valence-corrected chi connectivity index (χ2v) is 10.1. The van der Waals surface area contributed by atoms with Gasteiger partial charge in [-0.3, -0.25) is 25.0 Å². The number of aliphatic imine (C=N–C) groups is 1. The minimum Gasteiger partial charge on any atom is -0.379 e. The van der Waals surface area contributed by atoms with E-state index in [0.717, 1.165) is 36.0 Å². The lowest BCUT2D eigenvalue weighted by atomic mass is 10.2. The Morgan fingerprint density at radius 1 is 0.946 bits per heavy atom. The van der Waals surface area contributed by atoms with E-state index in [1.807, 2.05) is 0 Å². The number of aryl methyl sites for hydroxylation is 1. The molecule has 0 aliphatic carbocycles. The lowest BCUT2D eigenvalue weighted by molar-refractivity contribution is -0.385. The van der Waals surface area contributed by atoms with Crippen molar-refractivity contribution < 1.29 is 27.2 Å². The van der Waals surface area contributed by atoms with Crippen LogP contribution in [-0.2, 0) is 14.9 Å². The quantitative estimate of drug-likeness (QED) is 0.196. The number of nitrogens with one attached hydrogen (secondary N) is 1. The van der Waals surface area contributed by atoms with Gasteiger partial charge >= 0.3 is 10.1 Å². The van der Waals surface area contributed by atoms with Crippen LogP contribution in [0.2, 0.25) is 0 Å². The molecule has 1 N–H and O–H groups in total. The molecule has 1 aliphatic rings. The summed E-state index contributed by atoms with van der Waals surface area (Å²) in [6.07, 6.45) is 1.58. The van der Waals surface area contributed by atoms with Gasteiger partial charge in [-0.15, -0.1) is 0 Å². The van der Waals surface area contributed by atoms with Crippen molar-refractivity contribution >= 4 is 56.1 Å². The third-order valence-electron chi connectivity index (χ3n) is 4.98. The first-order valence-electron chi connectivity index (χ1n) is 10.4. The summed E-state index contributed by atoms with van der Waals surface area (Å²) in [5, 5.41) is 24.6. The molecule has 0 spiro atoms. The van der Waals surface area contributed by atoms with Gasteiger partial charge in [-0.2, -0.15) is 8.42 Å². The second-order valence-electron chi connectivity index (χ2n) is 7.57. The van der Waals surface area contributed by atoms with Crippen LogP contribution in [0.25, 0.3) is 6.08 Å². The van der Waals surface area contributed by atoms with E-state index in [4.69, 9.17) is 4.18 Å². The van der Waals surface area contributed by atoms with Crippen molar-refractivity contribution in [1.82, 2.24) is 5.32 Å². The van der Waals surface area contributed by atoms with Gasteiger partial charge in [0.05, 0.1) is 20.4 Å². The minimum atomic E-state index is -4.21. The second kappa shape index (κ2) is 10.2. The van der Waals surface area contributed by atoms with Gasteiger partial charge in [0, 0.05) is 24.3 Å². The van der Waals surface area contributed by atoms with Crippen LogP contribution in [0.5, 0.6) is 5.75 Å². The molecule has 0 unspecified atom stereocenters. The van der Waals surface area contributed by atoms with Crippen LogP contribution in [0.15, 0.2) is 81.5 Å². The van der Waals surface area contributed by atoms with E-state index in [2.05, 4.69) is 10.3 Å². The maximum absolute atomic E-state index is 12.4.